The summed E-state index contributed by atoms with van der Waals surface area (Å²) < 4.78 is 1.22. The van der Waals surface area contributed by atoms with E-state index in [0.29, 0.717) is 10.0 Å². The zero-order valence-electron chi connectivity index (χ0n) is 12.5. The van der Waals surface area contributed by atoms with Gasteiger partial charge in [-0.15, -0.1) is 0 Å². The predicted molar refractivity (Wildman–Crippen MR) is 101 cm³/mol. The third-order valence-electron chi connectivity index (χ3n) is 3.41. The van der Waals surface area contributed by atoms with E-state index in [0.717, 1.165) is 42.3 Å². The Morgan fingerprint density at radius 1 is 1.00 bits per heavy atom. The molecule has 0 aliphatic carbocycles. The molecule has 0 aliphatic rings. The third-order valence-corrected chi connectivity index (χ3v) is 5.15. The number of hydrogen-bond donors (Lipinski definition) is 2. The number of nitrogens with one attached hydrogen (secondary N) is 2. The van der Waals surface area contributed by atoms with Crippen LogP contribution in [0.25, 0.3) is 10.2 Å². The third kappa shape index (κ3) is 4.58. The highest BCUT2D eigenvalue weighted by Gasteiger charge is 2.02. The highest BCUT2D eigenvalue weighted by atomic mass is 35.5. The topological polar surface area (TPSA) is 37.0 Å². The molecule has 0 unspecified atom stereocenters. The molecule has 1 heterocycles. The van der Waals surface area contributed by atoms with Crippen molar-refractivity contribution in [3.8, 4) is 0 Å². The van der Waals surface area contributed by atoms with Gasteiger partial charge in [-0.3, -0.25) is 0 Å². The molecule has 0 fully saturated rings. The maximum Gasteiger partial charge on any atom is 0.183 e. The van der Waals surface area contributed by atoms with Crippen LogP contribution in [0.5, 0.6) is 0 Å². The van der Waals surface area contributed by atoms with E-state index in [-0.39, 0.29) is 0 Å². The molecule has 3 aromatic rings. The number of rotatable bonds is 7. The van der Waals surface area contributed by atoms with Gasteiger partial charge in [-0.25, -0.2) is 4.98 Å². The Hall–Kier alpha value is -1.33. The van der Waals surface area contributed by atoms with Gasteiger partial charge >= 0.3 is 0 Å². The van der Waals surface area contributed by atoms with Crippen molar-refractivity contribution in [3.63, 3.8) is 0 Å². The highest BCUT2D eigenvalue weighted by Crippen LogP contribution is 2.25. The number of halogens is 2. The lowest BCUT2D eigenvalue weighted by Crippen LogP contribution is -2.17. The van der Waals surface area contributed by atoms with Crippen LogP contribution in [0, 0.1) is 0 Å². The molecule has 23 heavy (non-hydrogen) atoms. The van der Waals surface area contributed by atoms with Crippen LogP contribution in [0.15, 0.2) is 42.5 Å². The zero-order chi connectivity index (χ0) is 16.1. The molecule has 0 saturated carbocycles. The second-order valence-corrected chi connectivity index (χ2v) is 7.04. The first kappa shape index (κ1) is 16.5. The fourth-order valence-electron chi connectivity index (χ4n) is 2.24. The van der Waals surface area contributed by atoms with Crippen LogP contribution >= 0.6 is 34.5 Å². The average molecular weight is 366 g/mol. The van der Waals surface area contributed by atoms with Crippen LogP contribution in [0.4, 0.5) is 5.13 Å². The van der Waals surface area contributed by atoms with Crippen LogP contribution < -0.4 is 10.6 Å². The molecule has 6 heteroatoms. The van der Waals surface area contributed by atoms with E-state index in [2.05, 4.69) is 21.7 Å². The molecule has 0 aliphatic heterocycles. The highest BCUT2D eigenvalue weighted by molar-refractivity contribution is 7.22. The zero-order valence-corrected chi connectivity index (χ0v) is 14.8. The van der Waals surface area contributed by atoms with E-state index in [9.17, 15) is 0 Å². The molecular formula is C17H17Cl2N3S. The molecule has 2 N–H and O–H groups in total. The predicted octanol–water partition coefficient (Wildman–Crippen LogP) is 5.19. The largest absolute Gasteiger partial charge is 0.361 e. The van der Waals surface area contributed by atoms with Crippen molar-refractivity contribution >= 4 is 49.9 Å². The molecule has 0 bridgehead atoms. The van der Waals surface area contributed by atoms with Crippen molar-refractivity contribution < 1.29 is 0 Å². The van der Waals surface area contributed by atoms with Gasteiger partial charge in [-0.05, 0) is 42.8 Å². The molecule has 0 saturated heterocycles. The van der Waals surface area contributed by atoms with Gasteiger partial charge in [0.15, 0.2) is 5.13 Å². The summed E-state index contributed by atoms with van der Waals surface area (Å²) in [5.74, 6) is 0. The fourth-order valence-corrected chi connectivity index (χ4v) is 3.45. The Bertz CT molecular complexity index is 755. The lowest BCUT2D eigenvalue weighted by molar-refractivity contribution is 0.663. The minimum absolute atomic E-state index is 0.593. The van der Waals surface area contributed by atoms with E-state index in [4.69, 9.17) is 23.2 Å². The summed E-state index contributed by atoms with van der Waals surface area (Å²) in [4.78, 5) is 4.56. The Morgan fingerprint density at radius 2 is 1.87 bits per heavy atom. The summed E-state index contributed by atoms with van der Waals surface area (Å²) in [5.41, 5.74) is 2.19. The molecule has 3 rings (SSSR count). The van der Waals surface area contributed by atoms with Crippen molar-refractivity contribution in [1.82, 2.24) is 10.3 Å². The summed E-state index contributed by atoms with van der Waals surface area (Å²) in [6.07, 6.45) is 1.03. The number of fused-ring (bicyclic) bond motifs is 1. The first-order valence-electron chi connectivity index (χ1n) is 7.46. The summed E-state index contributed by atoms with van der Waals surface area (Å²) in [6.45, 7) is 2.62. The van der Waals surface area contributed by atoms with E-state index < -0.39 is 0 Å². The maximum absolute atomic E-state index is 6.00. The standard InChI is InChI=1S/C17H17Cl2N3S/c18-13-7-6-12(10-14(13)19)11-20-8-3-9-21-17-22-15-4-1-2-5-16(15)23-17/h1-2,4-7,10,20H,3,8-9,11H2,(H,21,22). The second kappa shape index (κ2) is 7.97. The van der Waals surface area contributed by atoms with Gasteiger partial charge in [0.1, 0.15) is 0 Å². The van der Waals surface area contributed by atoms with E-state index in [1.807, 2.05) is 36.4 Å². The smallest absolute Gasteiger partial charge is 0.183 e. The number of nitrogens with zero attached hydrogens (tertiary/aromatic N) is 1. The van der Waals surface area contributed by atoms with Crippen LogP contribution in [0.1, 0.15) is 12.0 Å². The Kier molecular flexibility index (Phi) is 5.73. The number of hydrogen-bond acceptors (Lipinski definition) is 4. The van der Waals surface area contributed by atoms with Gasteiger partial charge in [0, 0.05) is 13.1 Å². The molecule has 0 radical (unpaired) electrons. The quantitative estimate of drug-likeness (QED) is 0.565. The van der Waals surface area contributed by atoms with E-state index in [1.54, 1.807) is 11.3 Å². The summed E-state index contributed by atoms with van der Waals surface area (Å²) in [5, 5.41) is 8.96. The molecule has 0 amide bonds. The number of aromatic nitrogens is 1. The maximum atomic E-state index is 6.00. The van der Waals surface area contributed by atoms with Crippen LogP contribution in [-0.4, -0.2) is 18.1 Å². The monoisotopic (exact) mass is 365 g/mol. The Labute approximate surface area is 149 Å². The van der Waals surface area contributed by atoms with E-state index >= 15 is 0 Å². The number of thiazole rings is 1. The summed E-state index contributed by atoms with van der Waals surface area (Å²) >= 11 is 13.6. The Morgan fingerprint density at radius 3 is 2.70 bits per heavy atom. The lowest BCUT2D eigenvalue weighted by Gasteiger charge is -2.06. The van der Waals surface area contributed by atoms with Crippen molar-refractivity contribution in [1.29, 1.82) is 0 Å². The average Bonchev–Trinajstić information content (AvgIpc) is 2.96. The molecule has 0 atom stereocenters. The SMILES string of the molecule is Clc1ccc(CNCCCNc2nc3ccccc3s2)cc1Cl. The second-order valence-electron chi connectivity index (χ2n) is 5.19. The molecule has 2 aromatic carbocycles. The molecule has 0 spiro atoms. The molecule has 120 valence electrons. The normalized spacial score (nSPS) is 11.0. The van der Waals surface area contributed by atoms with Gasteiger partial charge in [-0.2, -0.15) is 0 Å². The van der Waals surface area contributed by atoms with Crippen LogP contribution in [-0.2, 0) is 6.54 Å². The first-order chi connectivity index (χ1) is 11.2. The van der Waals surface area contributed by atoms with Crippen molar-refractivity contribution in [2.45, 2.75) is 13.0 Å². The molecular weight excluding hydrogens is 349 g/mol. The Balaban J connectivity index is 1.37. The fraction of sp³-hybridized carbons (Fsp3) is 0.235. The molecule has 3 nitrogen and oxygen atoms in total. The minimum atomic E-state index is 0.593. The van der Waals surface area contributed by atoms with Crippen molar-refractivity contribution in [3.05, 3.63) is 58.1 Å². The minimum Gasteiger partial charge on any atom is -0.361 e. The number of benzene rings is 2. The first-order valence-corrected chi connectivity index (χ1v) is 9.04. The number of para-hydroxylation sites is 1. The number of anilines is 1. The van der Waals surface area contributed by atoms with Gasteiger partial charge in [0.25, 0.3) is 0 Å². The lowest BCUT2D eigenvalue weighted by atomic mass is 10.2. The van der Waals surface area contributed by atoms with Crippen molar-refractivity contribution in [2.75, 3.05) is 18.4 Å². The van der Waals surface area contributed by atoms with E-state index in [1.165, 1.54) is 4.70 Å². The van der Waals surface area contributed by atoms with Gasteiger partial charge in [0.05, 0.1) is 20.3 Å². The summed E-state index contributed by atoms with van der Waals surface area (Å²) in [7, 11) is 0. The van der Waals surface area contributed by atoms with Crippen LogP contribution in [0.2, 0.25) is 10.0 Å². The summed E-state index contributed by atoms with van der Waals surface area (Å²) in [6, 6.07) is 13.9. The van der Waals surface area contributed by atoms with Gasteiger partial charge in [0.2, 0.25) is 0 Å². The van der Waals surface area contributed by atoms with Gasteiger partial charge in [-0.1, -0.05) is 52.7 Å². The van der Waals surface area contributed by atoms with Gasteiger partial charge < -0.3 is 10.6 Å². The van der Waals surface area contributed by atoms with Crippen LogP contribution in [0.3, 0.4) is 0 Å². The molecule has 1 aromatic heterocycles. The van der Waals surface area contributed by atoms with Crippen molar-refractivity contribution in [2.24, 2.45) is 0 Å².